The van der Waals surface area contributed by atoms with Gasteiger partial charge in [0.1, 0.15) is 0 Å². The number of hydrogen-bond acceptors (Lipinski definition) is 8. The highest BCUT2D eigenvalue weighted by molar-refractivity contribution is 8.02. The van der Waals surface area contributed by atoms with Gasteiger partial charge in [0.05, 0.1) is 22.3 Å². The molecule has 2 heterocycles. The Labute approximate surface area is 185 Å². The highest BCUT2D eigenvalue weighted by Crippen LogP contribution is 2.32. The van der Waals surface area contributed by atoms with Crippen LogP contribution in [0.15, 0.2) is 33.5 Å². The van der Waals surface area contributed by atoms with Gasteiger partial charge in [0.2, 0.25) is 11.0 Å². The van der Waals surface area contributed by atoms with E-state index >= 15 is 0 Å². The van der Waals surface area contributed by atoms with Gasteiger partial charge in [-0.3, -0.25) is 9.48 Å². The average molecular weight is 471 g/mol. The molecule has 0 aliphatic rings. The number of aromatic nitrogens is 4. The second-order valence-electron chi connectivity index (χ2n) is 6.32. The van der Waals surface area contributed by atoms with E-state index in [1.807, 2.05) is 20.9 Å². The van der Waals surface area contributed by atoms with E-state index in [1.54, 1.807) is 35.9 Å². The summed E-state index contributed by atoms with van der Waals surface area (Å²) in [5, 5.41) is 18.7. The lowest BCUT2D eigenvalue weighted by Gasteiger charge is -2.10. The number of halogens is 2. The van der Waals surface area contributed by atoms with Crippen molar-refractivity contribution in [3.63, 3.8) is 0 Å². The minimum Gasteiger partial charge on any atom is -0.330 e. The molecule has 7 nitrogen and oxygen atoms in total. The van der Waals surface area contributed by atoms with Crippen LogP contribution in [0, 0.1) is 13.8 Å². The number of rotatable bonds is 8. The number of amides is 1. The summed E-state index contributed by atoms with van der Waals surface area (Å²) in [5.41, 5.74) is 3.09. The first-order valence-corrected chi connectivity index (χ1v) is 11.4. The third-order valence-corrected chi connectivity index (χ3v) is 6.89. The normalized spacial score (nSPS) is 12.2. The zero-order chi connectivity index (χ0) is 21.8. The number of alkyl halides is 2. The van der Waals surface area contributed by atoms with Crippen molar-refractivity contribution in [3.8, 4) is 0 Å². The third kappa shape index (κ3) is 5.70. The van der Waals surface area contributed by atoms with E-state index in [0.717, 1.165) is 22.8 Å². The van der Waals surface area contributed by atoms with Gasteiger partial charge in [0.15, 0.2) is 4.34 Å². The molecular weight excluding hydrogens is 450 g/mol. The number of nitrogens with one attached hydrogen (secondary N) is 2. The van der Waals surface area contributed by atoms with Crippen molar-refractivity contribution in [2.45, 2.75) is 41.0 Å². The molecular formula is C18H20F2N6OS3. The van der Waals surface area contributed by atoms with Gasteiger partial charge in [-0.15, -0.1) is 10.2 Å². The molecule has 0 spiro atoms. The van der Waals surface area contributed by atoms with Gasteiger partial charge in [0, 0.05) is 17.6 Å². The van der Waals surface area contributed by atoms with Gasteiger partial charge in [-0.2, -0.15) is 13.9 Å². The topological polar surface area (TPSA) is 84.7 Å². The monoisotopic (exact) mass is 470 g/mol. The molecule has 3 rings (SSSR count). The Bertz CT molecular complexity index is 1020. The Balaban J connectivity index is 1.57. The molecule has 0 bridgehead atoms. The van der Waals surface area contributed by atoms with Crippen LogP contribution >= 0.6 is 34.9 Å². The SMILES string of the molecule is Cc1nn(C)c(C)c1NC(=O)C(C)Sc1nnc(Nc2ccc(SC(F)F)cc2)s1. The fourth-order valence-electron chi connectivity index (χ4n) is 2.54. The van der Waals surface area contributed by atoms with Crippen molar-refractivity contribution in [1.29, 1.82) is 0 Å². The molecule has 1 unspecified atom stereocenters. The van der Waals surface area contributed by atoms with E-state index in [2.05, 4.69) is 25.9 Å². The first-order chi connectivity index (χ1) is 14.2. The molecule has 12 heteroatoms. The van der Waals surface area contributed by atoms with Crippen molar-refractivity contribution < 1.29 is 13.6 Å². The standard InChI is InChI=1S/C18H20F2N6OS3/c1-9-14(10(2)26(4)25-9)22-15(27)11(3)28-18-24-23-17(30-18)21-12-5-7-13(8-6-12)29-16(19)20/h5-8,11,16H,1-4H3,(H,21,23)(H,22,27). The fraction of sp³-hybridized carbons (Fsp3) is 0.333. The Morgan fingerprint density at radius 3 is 2.47 bits per heavy atom. The van der Waals surface area contributed by atoms with Gasteiger partial charge in [-0.1, -0.05) is 34.9 Å². The zero-order valence-corrected chi connectivity index (χ0v) is 19.1. The maximum atomic E-state index is 12.6. The lowest BCUT2D eigenvalue weighted by Crippen LogP contribution is -2.23. The molecule has 0 radical (unpaired) electrons. The van der Waals surface area contributed by atoms with Crippen molar-refractivity contribution in [1.82, 2.24) is 20.0 Å². The van der Waals surface area contributed by atoms with Crippen molar-refractivity contribution >= 4 is 57.3 Å². The summed E-state index contributed by atoms with van der Waals surface area (Å²) in [6, 6.07) is 6.64. The Morgan fingerprint density at radius 1 is 1.17 bits per heavy atom. The summed E-state index contributed by atoms with van der Waals surface area (Å²) in [6.07, 6.45) is 0. The molecule has 1 atom stereocenters. The summed E-state index contributed by atoms with van der Waals surface area (Å²) in [6.45, 7) is 5.55. The van der Waals surface area contributed by atoms with Gasteiger partial charge in [0.25, 0.3) is 5.76 Å². The highest BCUT2D eigenvalue weighted by atomic mass is 32.2. The summed E-state index contributed by atoms with van der Waals surface area (Å²) in [7, 11) is 1.83. The van der Waals surface area contributed by atoms with Crippen molar-refractivity contribution in [3.05, 3.63) is 35.7 Å². The predicted molar refractivity (Wildman–Crippen MR) is 118 cm³/mol. The molecule has 1 aromatic carbocycles. The van der Waals surface area contributed by atoms with Crippen LogP contribution in [0.1, 0.15) is 18.3 Å². The van der Waals surface area contributed by atoms with Gasteiger partial charge in [-0.25, -0.2) is 0 Å². The Hall–Kier alpha value is -2.18. The van der Waals surface area contributed by atoms with E-state index < -0.39 is 5.76 Å². The van der Waals surface area contributed by atoms with Crippen LogP contribution in [0.2, 0.25) is 0 Å². The molecule has 2 N–H and O–H groups in total. The number of benzene rings is 1. The van der Waals surface area contributed by atoms with Crippen LogP contribution < -0.4 is 10.6 Å². The molecule has 0 aliphatic carbocycles. The molecule has 0 fully saturated rings. The van der Waals surface area contributed by atoms with Crippen LogP contribution in [-0.2, 0) is 11.8 Å². The van der Waals surface area contributed by atoms with Gasteiger partial charge < -0.3 is 10.6 Å². The van der Waals surface area contributed by atoms with Crippen molar-refractivity contribution in [2.24, 2.45) is 7.05 Å². The van der Waals surface area contributed by atoms with Crippen LogP contribution in [0.3, 0.4) is 0 Å². The van der Waals surface area contributed by atoms with E-state index in [0.29, 0.717) is 26.1 Å². The average Bonchev–Trinajstić information content (AvgIpc) is 3.21. The second kappa shape index (κ2) is 9.75. The molecule has 3 aromatic rings. The van der Waals surface area contributed by atoms with E-state index in [-0.39, 0.29) is 11.2 Å². The van der Waals surface area contributed by atoms with Crippen LogP contribution in [0.4, 0.5) is 25.3 Å². The van der Waals surface area contributed by atoms with E-state index in [9.17, 15) is 13.6 Å². The van der Waals surface area contributed by atoms with Gasteiger partial charge in [-0.05, 0) is 45.0 Å². The first kappa shape index (κ1) is 22.5. The minimum atomic E-state index is -2.45. The van der Waals surface area contributed by atoms with Crippen LogP contribution in [-0.4, -0.2) is 36.9 Å². The van der Waals surface area contributed by atoms with Crippen LogP contribution in [0.5, 0.6) is 0 Å². The Morgan fingerprint density at radius 2 is 1.87 bits per heavy atom. The smallest absolute Gasteiger partial charge is 0.288 e. The van der Waals surface area contributed by atoms with Crippen LogP contribution in [0.25, 0.3) is 0 Å². The number of anilines is 3. The predicted octanol–water partition coefficient (Wildman–Crippen LogP) is 5.07. The largest absolute Gasteiger partial charge is 0.330 e. The number of thioether (sulfide) groups is 2. The number of carbonyl (C=O) groups excluding carboxylic acids is 1. The fourth-order valence-corrected chi connectivity index (χ4v) is 4.95. The molecule has 1 amide bonds. The zero-order valence-electron chi connectivity index (χ0n) is 16.6. The second-order valence-corrected chi connectivity index (χ2v) is 9.95. The number of nitrogens with zero attached hydrogens (tertiary/aromatic N) is 4. The summed E-state index contributed by atoms with van der Waals surface area (Å²) in [4.78, 5) is 13.0. The molecule has 30 heavy (non-hydrogen) atoms. The number of aryl methyl sites for hydroxylation is 2. The maximum absolute atomic E-state index is 12.6. The minimum absolute atomic E-state index is 0.143. The summed E-state index contributed by atoms with van der Waals surface area (Å²) in [5.74, 6) is -2.59. The first-order valence-electron chi connectivity index (χ1n) is 8.86. The van der Waals surface area contributed by atoms with Crippen molar-refractivity contribution in [2.75, 3.05) is 10.6 Å². The molecule has 160 valence electrons. The van der Waals surface area contributed by atoms with E-state index in [1.165, 1.54) is 23.1 Å². The lowest BCUT2D eigenvalue weighted by molar-refractivity contribution is -0.115. The molecule has 0 aliphatic heterocycles. The quantitative estimate of drug-likeness (QED) is 0.445. The number of carbonyl (C=O) groups is 1. The van der Waals surface area contributed by atoms with E-state index in [4.69, 9.17) is 0 Å². The summed E-state index contributed by atoms with van der Waals surface area (Å²) < 4.78 is 27.1. The number of hydrogen-bond donors (Lipinski definition) is 2. The molecule has 0 saturated carbocycles. The maximum Gasteiger partial charge on any atom is 0.288 e. The highest BCUT2D eigenvalue weighted by Gasteiger charge is 2.20. The third-order valence-electron chi connectivity index (χ3n) is 4.14. The summed E-state index contributed by atoms with van der Waals surface area (Å²) >= 11 is 3.12. The molecule has 0 saturated heterocycles. The lowest BCUT2D eigenvalue weighted by atomic mass is 10.3. The Kier molecular flexibility index (Phi) is 7.32. The van der Waals surface area contributed by atoms with Gasteiger partial charge >= 0.3 is 0 Å². The molecule has 2 aromatic heterocycles.